The molecule has 0 spiro atoms. The highest BCUT2D eigenvalue weighted by Gasteiger charge is 2.31. The first-order chi connectivity index (χ1) is 18.8. The summed E-state index contributed by atoms with van der Waals surface area (Å²) < 4.78 is 12.3. The number of aliphatic hydroxyl groups excluding tert-OH is 1. The summed E-state index contributed by atoms with van der Waals surface area (Å²) in [5.74, 6) is -1.87. The Morgan fingerprint density at radius 1 is 1.05 bits per heavy atom. The number of piperazine rings is 1. The number of hydrogen-bond donors (Lipinski definition) is 3. The highest BCUT2D eigenvalue weighted by atomic mass is 16.6. The molecule has 2 aromatic rings. The van der Waals surface area contributed by atoms with Crippen molar-refractivity contribution < 1.29 is 38.9 Å². The highest BCUT2D eigenvalue weighted by molar-refractivity contribution is 5.96. The molecule has 212 valence electrons. The van der Waals surface area contributed by atoms with E-state index < -0.39 is 29.9 Å². The number of hydrogen-bond acceptors (Lipinski definition) is 8. The summed E-state index contributed by atoms with van der Waals surface area (Å²) in [6, 6.07) is 9.42. The van der Waals surface area contributed by atoms with Gasteiger partial charge in [0.25, 0.3) is 5.91 Å². The van der Waals surface area contributed by atoms with Gasteiger partial charge in [0, 0.05) is 45.3 Å². The summed E-state index contributed by atoms with van der Waals surface area (Å²) >= 11 is 0. The molecule has 1 atom stereocenters. The van der Waals surface area contributed by atoms with E-state index in [9.17, 15) is 24.3 Å². The predicted octanol–water partition coefficient (Wildman–Crippen LogP) is 1.29. The number of nitrogens with one attached hydrogen (secondary N) is 1. The van der Waals surface area contributed by atoms with Gasteiger partial charge in [-0.1, -0.05) is 18.2 Å². The number of nitrogens with zero attached hydrogens (tertiary/aromatic N) is 4. The number of benzene rings is 1. The first-order valence-electron chi connectivity index (χ1n) is 13.0. The van der Waals surface area contributed by atoms with Crippen LogP contribution in [0.25, 0.3) is 5.69 Å². The minimum absolute atomic E-state index is 0.00346. The van der Waals surface area contributed by atoms with Gasteiger partial charge in [-0.3, -0.25) is 14.4 Å². The molecule has 1 unspecified atom stereocenters. The van der Waals surface area contributed by atoms with E-state index in [1.165, 1.54) is 20.5 Å². The van der Waals surface area contributed by atoms with E-state index in [1.54, 1.807) is 19.1 Å². The van der Waals surface area contributed by atoms with Crippen molar-refractivity contribution in [3.63, 3.8) is 0 Å². The van der Waals surface area contributed by atoms with Crippen molar-refractivity contribution in [1.29, 1.82) is 0 Å². The number of carboxylic acids is 1. The van der Waals surface area contributed by atoms with Crippen molar-refractivity contribution in [2.24, 2.45) is 0 Å². The lowest BCUT2D eigenvalue weighted by Gasteiger charge is -2.35. The fourth-order valence-electron chi connectivity index (χ4n) is 4.02. The van der Waals surface area contributed by atoms with Crippen molar-refractivity contribution in [2.45, 2.75) is 38.6 Å². The Balaban J connectivity index is 1.74. The van der Waals surface area contributed by atoms with E-state index in [0.717, 1.165) is 0 Å². The molecular weight excluding hydrogens is 510 g/mol. The first kappa shape index (κ1) is 29.4. The monoisotopic (exact) mass is 545 g/mol. The van der Waals surface area contributed by atoms with E-state index in [0.29, 0.717) is 31.0 Å². The molecule has 0 saturated carbocycles. The van der Waals surface area contributed by atoms with Gasteiger partial charge in [0.2, 0.25) is 11.8 Å². The minimum atomic E-state index is -1.10. The number of carboxylic acid groups (broad SMARTS) is 1. The molecule has 1 aliphatic rings. The Labute approximate surface area is 226 Å². The molecule has 2 heterocycles. The number of aliphatic hydroxyl groups is 1. The van der Waals surface area contributed by atoms with E-state index >= 15 is 0 Å². The number of carbonyl (C=O) groups excluding carboxylic acids is 3. The van der Waals surface area contributed by atoms with Crippen LogP contribution in [-0.2, 0) is 14.3 Å². The number of amides is 3. The van der Waals surface area contributed by atoms with Crippen LogP contribution in [0.5, 0.6) is 5.88 Å². The molecular formula is C26H35N5O8. The predicted molar refractivity (Wildman–Crippen MR) is 139 cm³/mol. The van der Waals surface area contributed by atoms with Crippen molar-refractivity contribution in [3.8, 4) is 11.6 Å². The minimum Gasteiger partial charge on any atom is -0.481 e. The maximum absolute atomic E-state index is 13.3. The van der Waals surface area contributed by atoms with Crippen LogP contribution < -0.4 is 10.1 Å². The summed E-state index contributed by atoms with van der Waals surface area (Å²) in [5, 5.41) is 25.2. The number of aliphatic carboxylic acids is 1. The zero-order valence-corrected chi connectivity index (χ0v) is 22.0. The second kappa shape index (κ2) is 14.7. The summed E-state index contributed by atoms with van der Waals surface area (Å²) in [5.41, 5.74) is 0.656. The van der Waals surface area contributed by atoms with Gasteiger partial charge in [-0.25, -0.2) is 9.48 Å². The van der Waals surface area contributed by atoms with Crippen LogP contribution in [-0.4, -0.2) is 106 Å². The molecule has 3 rings (SSSR count). The molecule has 1 aliphatic heterocycles. The zero-order valence-electron chi connectivity index (χ0n) is 22.0. The van der Waals surface area contributed by atoms with Crippen molar-refractivity contribution >= 4 is 23.9 Å². The summed E-state index contributed by atoms with van der Waals surface area (Å²) in [6.07, 6.45) is 0.282. The fraction of sp³-hybridized carbons (Fsp3) is 0.500. The van der Waals surface area contributed by atoms with Gasteiger partial charge in [-0.05, 0) is 38.3 Å². The molecule has 3 amide bonds. The number of carbonyl (C=O) groups is 4. The molecule has 3 N–H and O–H groups in total. The maximum atomic E-state index is 13.3. The lowest BCUT2D eigenvalue weighted by Crippen LogP contribution is -2.56. The van der Waals surface area contributed by atoms with E-state index in [1.807, 2.05) is 18.2 Å². The molecule has 13 heteroatoms. The Bertz CT molecular complexity index is 1110. The maximum Gasteiger partial charge on any atom is 0.409 e. The van der Waals surface area contributed by atoms with E-state index in [4.69, 9.17) is 14.6 Å². The summed E-state index contributed by atoms with van der Waals surface area (Å²) in [6.45, 7) is 3.29. The average molecular weight is 546 g/mol. The third-order valence-corrected chi connectivity index (χ3v) is 6.08. The molecule has 1 fully saturated rings. The second-order valence-electron chi connectivity index (χ2n) is 8.86. The smallest absolute Gasteiger partial charge is 0.409 e. The van der Waals surface area contributed by atoms with Crippen LogP contribution in [0.1, 0.15) is 43.1 Å². The van der Waals surface area contributed by atoms with Gasteiger partial charge in [0.1, 0.15) is 6.04 Å². The topological polar surface area (TPSA) is 164 Å². The second-order valence-corrected chi connectivity index (χ2v) is 8.86. The van der Waals surface area contributed by atoms with Gasteiger partial charge in [0.05, 0.1) is 18.9 Å². The number of para-hydroxylation sites is 1. The molecule has 39 heavy (non-hydrogen) atoms. The molecule has 13 nitrogen and oxygen atoms in total. The van der Waals surface area contributed by atoms with Crippen molar-refractivity contribution in [2.75, 3.05) is 46.0 Å². The first-order valence-corrected chi connectivity index (χ1v) is 13.0. The Kier molecular flexibility index (Phi) is 11.1. The van der Waals surface area contributed by atoms with Crippen LogP contribution in [0.2, 0.25) is 0 Å². The molecule has 0 bridgehead atoms. The fourth-order valence-corrected chi connectivity index (χ4v) is 4.02. The highest BCUT2D eigenvalue weighted by Crippen LogP contribution is 2.20. The Morgan fingerprint density at radius 3 is 2.38 bits per heavy atom. The Morgan fingerprint density at radius 2 is 1.74 bits per heavy atom. The molecule has 0 radical (unpaired) electrons. The summed E-state index contributed by atoms with van der Waals surface area (Å²) in [4.78, 5) is 52.7. The molecule has 0 aliphatic carbocycles. The Hall–Kier alpha value is -4.13. The van der Waals surface area contributed by atoms with Crippen LogP contribution in [0, 0.1) is 0 Å². The standard InChI is InChI=1S/C26H35N5O8/c1-2-38-26(37)30-14-12-29(13-15-30)25(36)20(10-11-23(33)34)27-24(35)21-18-22(39-17-7-6-16-32)31(28-21)19-8-4-3-5-9-19/h3-5,8-9,18,20,32H,2,6-7,10-17H2,1H3,(H,27,35)(H,33,34). The van der Waals surface area contributed by atoms with Crippen LogP contribution in [0.15, 0.2) is 36.4 Å². The molecule has 1 saturated heterocycles. The van der Waals surface area contributed by atoms with Gasteiger partial charge in [0.15, 0.2) is 5.69 Å². The third kappa shape index (κ3) is 8.43. The number of ether oxygens (including phenoxy) is 2. The SMILES string of the molecule is CCOC(=O)N1CCN(C(=O)C(CCC(=O)O)NC(=O)c2cc(OCCCCO)n(-c3ccccc3)n2)CC1. The summed E-state index contributed by atoms with van der Waals surface area (Å²) in [7, 11) is 0. The quantitative estimate of drug-likeness (QED) is 0.315. The van der Waals surface area contributed by atoms with Gasteiger partial charge in [-0.15, -0.1) is 0 Å². The number of aromatic nitrogens is 2. The number of rotatable bonds is 13. The van der Waals surface area contributed by atoms with Gasteiger partial charge >= 0.3 is 12.1 Å². The lowest BCUT2D eigenvalue weighted by molar-refractivity contribution is -0.138. The molecule has 1 aromatic heterocycles. The van der Waals surface area contributed by atoms with Crippen molar-refractivity contribution in [3.05, 3.63) is 42.1 Å². The van der Waals surface area contributed by atoms with Gasteiger partial charge in [-0.2, -0.15) is 5.10 Å². The zero-order chi connectivity index (χ0) is 28.2. The third-order valence-electron chi connectivity index (χ3n) is 6.08. The van der Waals surface area contributed by atoms with Crippen LogP contribution in [0.3, 0.4) is 0 Å². The van der Waals surface area contributed by atoms with E-state index in [2.05, 4.69) is 10.4 Å². The van der Waals surface area contributed by atoms with E-state index in [-0.39, 0.29) is 57.9 Å². The van der Waals surface area contributed by atoms with Crippen LogP contribution >= 0.6 is 0 Å². The van der Waals surface area contributed by atoms with Gasteiger partial charge < -0.3 is 34.8 Å². The average Bonchev–Trinajstić information content (AvgIpc) is 3.38. The molecule has 1 aromatic carbocycles. The number of unbranched alkanes of at least 4 members (excludes halogenated alkanes) is 1. The lowest BCUT2D eigenvalue weighted by atomic mass is 10.1. The van der Waals surface area contributed by atoms with Crippen LogP contribution in [0.4, 0.5) is 4.79 Å². The van der Waals surface area contributed by atoms with Crippen molar-refractivity contribution in [1.82, 2.24) is 24.9 Å². The normalized spacial score (nSPS) is 14.0. The largest absolute Gasteiger partial charge is 0.481 e.